The highest BCUT2D eigenvalue weighted by Gasteiger charge is 2.35. The van der Waals surface area contributed by atoms with Crippen LogP contribution in [0, 0.1) is 19.7 Å². The summed E-state index contributed by atoms with van der Waals surface area (Å²) in [7, 11) is -4.21. The van der Waals surface area contributed by atoms with E-state index in [4.69, 9.17) is 0 Å². The van der Waals surface area contributed by atoms with Crippen LogP contribution in [-0.2, 0) is 32.6 Å². The first kappa shape index (κ1) is 31.4. The van der Waals surface area contributed by atoms with E-state index in [1.54, 1.807) is 68.4 Å². The van der Waals surface area contributed by atoms with E-state index in [0.29, 0.717) is 17.8 Å². The Hall–Kier alpha value is -4.50. The van der Waals surface area contributed by atoms with Gasteiger partial charge in [0.15, 0.2) is 0 Å². The van der Waals surface area contributed by atoms with Gasteiger partial charge in [-0.1, -0.05) is 84.4 Å². The van der Waals surface area contributed by atoms with Gasteiger partial charge in [0.1, 0.15) is 18.4 Å². The minimum atomic E-state index is -4.21. The molecule has 9 heteroatoms. The van der Waals surface area contributed by atoms with Crippen molar-refractivity contribution in [2.75, 3.05) is 17.4 Å². The zero-order valence-electron chi connectivity index (χ0n) is 24.5. The summed E-state index contributed by atoms with van der Waals surface area (Å²) >= 11 is 0. The van der Waals surface area contributed by atoms with Crippen LogP contribution < -0.4 is 9.62 Å². The van der Waals surface area contributed by atoms with Crippen molar-refractivity contribution >= 4 is 27.5 Å². The van der Waals surface area contributed by atoms with E-state index in [1.165, 1.54) is 23.1 Å². The van der Waals surface area contributed by atoms with E-state index in [1.807, 2.05) is 37.3 Å². The molecule has 0 saturated carbocycles. The highest BCUT2D eigenvalue weighted by atomic mass is 32.2. The SMILES string of the molecule is CCNC(=O)C(Cc1ccccc1)N(Cc1ccccc1F)C(=O)CN(c1ccccc1C)S(=O)(=O)c1ccc(C)cc1. The summed E-state index contributed by atoms with van der Waals surface area (Å²) in [6.45, 7) is 4.89. The molecule has 0 heterocycles. The fourth-order valence-electron chi connectivity index (χ4n) is 4.85. The Morgan fingerprint density at radius 1 is 0.837 bits per heavy atom. The van der Waals surface area contributed by atoms with E-state index < -0.39 is 40.2 Å². The average Bonchev–Trinajstić information content (AvgIpc) is 2.99. The molecule has 0 spiro atoms. The molecule has 0 aliphatic carbocycles. The highest BCUT2D eigenvalue weighted by Crippen LogP contribution is 2.28. The molecule has 43 heavy (non-hydrogen) atoms. The van der Waals surface area contributed by atoms with Gasteiger partial charge in [0.05, 0.1) is 10.6 Å². The Morgan fingerprint density at radius 2 is 1.47 bits per heavy atom. The molecule has 0 saturated heterocycles. The topological polar surface area (TPSA) is 86.8 Å². The van der Waals surface area contributed by atoms with Crippen molar-refractivity contribution in [3.05, 3.63) is 131 Å². The van der Waals surface area contributed by atoms with Crippen LogP contribution in [0.5, 0.6) is 0 Å². The number of hydrogen-bond acceptors (Lipinski definition) is 4. The second-order valence-corrected chi connectivity index (χ2v) is 12.2. The zero-order valence-corrected chi connectivity index (χ0v) is 25.4. The van der Waals surface area contributed by atoms with E-state index in [2.05, 4.69) is 5.32 Å². The predicted octanol–water partition coefficient (Wildman–Crippen LogP) is 5.41. The standard InChI is InChI=1S/C34H36FN3O4S/c1-4-36-34(40)32(22-27-13-6-5-7-14-27)37(23-28-15-9-10-16-30(28)35)33(39)24-38(31-17-11-8-12-26(31)3)43(41,42)29-20-18-25(2)19-21-29/h5-21,32H,4,22-24H2,1-3H3,(H,36,40). The number of nitrogens with zero attached hydrogens (tertiary/aromatic N) is 2. The number of hydrogen-bond donors (Lipinski definition) is 1. The molecule has 2 amide bonds. The number of amides is 2. The number of sulfonamides is 1. The van der Waals surface area contributed by atoms with E-state index in [0.717, 1.165) is 15.4 Å². The summed E-state index contributed by atoms with van der Waals surface area (Å²) in [6.07, 6.45) is 0.155. The molecule has 0 aliphatic rings. The van der Waals surface area contributed by atoms with Crippen LogP contribution in [0.25, 0.3) is 0 Å². The Balaban J connectivity index is 1.81. The molecule has 4 rings (SSSR count). The molecule has 0 fully saturated rings. The number of carbonyl (C=O) groups excluding carboxylic acids is 2. The van der Waals surface area contributed by atoms with Crippen molar-refractivity contribution in [3.63, 3.8) is 0 Å². The normalized spacial score (nSPS) is 11.9. The van der Waals surface area contributed by atoms with Crippen LogP contribution in [-0.4, -0.2) is 44.3 Å². The maximum absolute atomic E-state index is 14.9. The van der Waals surface area contributed by atoms with Crippen LogP contribution in [0.3, 0.4) is 0 Å². The van der Waals surface area contributed by atoms with Crippen LogP contribution in [0.2, 0.25) is 0 Å². The lowest BCUT2D eigenvalue weighted by atomic mass is 10.0. The first-order valence-corrected chi connectivity index (χ1v) is 15.6. The van der Waals surface area contributed by atoms with Crippen molar-refractivity contribution < 1.29 is 22.4 Å². The van der Waals surface area contributed by atoms with Crippen molar-refractivity contribution in [2.45, 2.75) is 44.7 Å². The first-order chi connectivity index (χ1) is 20.6. The summed E-state index contributed by atoms with van der Waals surface area (Å²) in [6, 6.07) is 27.5. The molecule has 0 radical (unpaired) electrons. The van der Waals surface area contributed by atoms with E-state index in [9.17, 15) is 22.4 Å². The van der Waals surface area contributed by atoms with Crippen molar-refractivity contribution in [2.24, 2.45) is 0 Å². The van der Waals surface area contributed by atoms with Gasteiger partial charge in [0.2, 0.25) is 11.8 Å². The molecule has 1 unspecified atom stereocenters. The summed E-state index contributed by atoms with van der Waals surface area (Å²) in [4.78, 5) is 29.2. The van der Waals surface area contributed by atoms with Crippen molar-refractivity contribution in [1.82, 2.24) is 10.2 Å². The Kier molecular flexibility index (Phi) is 10.3. The van der Waals surface area contributed by atoms with Gasteiger partial charge in [-0.3, -0.25) is 13.9 Å². The quantitative estimate of drug-likeness (QED) is 0.235. The van der Waals surface area contributed by atoms with Gasteiger partial charge in [-0.2, -0.15) is 0 Å². The summed E-state index contributed by atoms with van der Waals surface area (Å²) in [5.74, 6) is -1.59. The van der Waals surface area contributed by atoms with Crippen molar-refractivity contribution in [3.8, 4) is 0 Å². The molecule has 4 aromatic rings. The molecule has 7 nitrogen and oxygen atoms in total. The predicted molar refractivity (Wildman–Crippen MR) is 166 cm³/mol. The van der Waals surface area contributed by atoms with Crippen LogP contribution in [0.15, 0.2) is 108 Å². The number of aryl methyl sites for hydroxylation is 2. The molecule has 224 valence electrons. The van der Waals surface area contributed by atoms with Crippen molar-refractivity contribution in [1.29, 1.82) is 0 Å². The Bertz CT molecular complexity index is 1660. The number of benzene rings is 4. The fraction of sp³-hybridized carbons (Fsp3) is 0.235. The summed E-state index contributed by atoms with van der Waals surface area (Å²) in [5.41, 5.74) is 2.88. The molecule has 0 aliphatic heterocycles. The molecule has 4 aromatic carbocycles. The molecular weight excluding hydrogens is 565 g/mol. The zero-order chi connectivity index (χ0) is 31.0. The monoisotopic (exact) mass is 601 g/mol. The number of likely N-dealkylation sites (N-methyl/N-ethyl adjacent to an activating group) is 1. The van der Waals surface area contributed by atoms with Gasteiger partial charge in [0.25, 0.3) is 10.0 Å². The second-order valence-electron chi connectivity index (χ2n) is 10.3. The van der Waals surface area contributed by atoms with Gasteiger partial charge in [0, 0.05) is 25.1 Å². The van der Waals surface area contributed by atoms with E-state index >= 15 is 0 Å². The molecule has 0 aromatic heterocycles. The van der Waals surface area contributed by atoms with Gasteiger partial charge < -0.3 is 10.2 Å². The second kappa shape index (κ2) is 14.1. The lowest BCUT2D eigenvalue weighted by molar-refractivity contribution is -0.140. The van der Waals surface area contributed by atoms with Gasteiger partial charge in [-0.25, -0.2) is 12.8 Å². The lowest BCUT2D eigenvalue weighted by Crippen LogP contribution is -2.53. The maximum Gasteiger partial charge on any atom is 0.264 e. The van der Waals surface area contributed by atoms with Crippen LogP contribution in [0.4, 0.5) is 10.1 Å². The molecule has 0 bridgehead atoms. The highest BCUT2D eigenvalue weighted by molar-refractivity contribution is 7.92. The number of halogens is 1. The first-order valence-electron chi connectivity index (χ1n) is 14.1. The third-order valence-corrected chi connectivity index (χ3v) is 8.97. The maximum atomic E-state index is 14.9. The third kappa shape index (κ3) is 7.67. The van der Waals surface area contributed by atoms with E-state index in [-0.39, 0.29) is 23.4 Å². The number of anilines is 1. The molecule has 1 atom stereocenters. The van der Waals surface area contributed by atoms with Crippen LogP contribution in [0.1, 0.15) is 29.2 Å². The molecular formula is C34H36FN3O4S. The third-order valence-electron chi connectivity index (χ3n) is 7.19. The number of carbonyl (C=O) groups is 2. The summed E-state index contributed by atoms with van der Waals surface area (Å²) in [5, 5.41) is 2.80. The minimum absolute atomic E-state index is 0.0272. The van der Waals surface area contributed by atoms with Gasteiger partial charge in [-0.05, 0) is 56.2 Å². The number of rotatable bonds is 12. The minimum Gasteiger partial charge on any atom is -0.355 e. The Morgan fingerprint density at radius 3 is 2.12 bits per heavy atom. The lowest BCUT2D eigenvalue weighted by Gasteiger charge is -2.34. The van der Waals surface area contributed by atoms with Gasteiger partial charge >= 0.3 is 0 Å². The smallest absolute Gasteiger partial charge is 0.264 e. The molecule has 1 N–H and O–H groups in total. The fourth-order valence-corrected chi connectivity index (χ4v) is 6.33. The average molecular weight is 602 g/mol. The largest absolute Gasteiger partial charge is 0.355 e. The Labute approximate surface area is 253 Å². The number of nitrogens with one attached hydrogen (secondary N) is 1. The van der Waals surface area contributed by atoms with Crippen LogP contribution >= 0.6 is 0 Å². The summed E-state index contributed by atoms with van der Waals surface area (Å²) < 4.78 is 44.2. The number of para-hydroxylation sites is 1. The van der Waals surface area contributed by atoms with Gasteiger partial charge in [-0.15, -0.1) is 0 Å².